The molecule has 1 aliphatic rings. The van der Waals surface area contributed by atoms with Crippen molar-refractivity contribution in [3.63, 3.8) is 0 Å². The summed E-state index contributed by atoms with van der Waals surface area (Å²) in [6.07, 6.45) is 3.12. The smallest absolute Gasteiger partial charge is 0.261 e. The largest absolute Gasteiger partial charge is 0.278 e. The maximum absolute atomic E-state index is 12.5. The van der Waals surface area contributed by atoms with Crippen LogP contribution in [-0.2, 0) is 22.9 Å². The molecule has 1 N–H and O–H groups in total. The molecule has 21 heavy (non-hydrogen) atoms. The van der Waals surface area contributed by atoms with Gasteiger partial charge in [0, 0.05) is 4.47 Å². The third kappa shape index (κ3) is 2.99. The second-order valence-corrected chi connectivity index (χ2v) is 7.91. The van der Waals surface area contributed by atoms with Crippen LogP contribution in [0.5, 0.6) is 0 Å². The van der Waals surface area contributed by atoms with E-state index in [9.17, 15) is 8.42 Å². The fourth-order valence-electron chi connectivity index (χ4n) is 2.62. The standard InChI is InChI=1S/C16H16BrNO2S/c1-11-5-8-16(15(17)9-11)18-21(19,20)14-7-6-12-3-2-4-13(12)10-14/h5-10,18H,2-4H2,1H3. The van der Waals surface area contributed by atoms with Crippen LogP contribution < -0.4 is 4.72 Å². The molecule has 3 rings (SSSR count). The van der Waals surface area contributed by atoms with Crippen LogP contribution in [0.4, 0.5) is 5.69 Å². The van der Waals surface area contributed by atoms with Gasteiger partial charge in [0.15, 0.2) is 0 Å². The van der Waals surface area contributed by atoms with E-state index >= 15 is 0 Å². The molecule has 110 valence electrons. The normalized spacial score (nSPS) is 14.0. The number of aryl methyl sites for hydroxylation is 3. The van der Waals surface area contributed by atoms with Crippen molar-refractivity contribution in [3.05, 3.63) is 57.6 Å². The molecule has 0 radical (unpaired) electrons. The molecule has 0 bridgehead atoms. The number of fused-ring (bicyclic) bond motifs is 1. The highest BCUT2D eigenvalue weighted by Gasteiger charge is 2.19. The fraction of sp³-hybridized carbons (Fsp3) is 0.250. The summed E-state index contributed by atoms with van der Waals surface area (Å²) < 4.78 is 28.4. The molecule has 2 aromatic rings. The monoisotopic (exact) mass is 365 g/mol. The predicted molar refractivity (Wildman–Crippen MR) is 88.2 cm³/mol. The van der Waals surface area contributed by atoms with Gasteiger partial charge in [0.2, 0.25) is 0 Å². The molecule has 0 atom stereocenters. The van der Waals surface area contributed by atoms with E-state index in [-0.39, 0.29) is 0 Å². The first-order valence-electron chi connectivity index (χ1n) is 6.86. The third-order valence-corrected chi connectivity index (χ3v) is 5.77. The lowest BCUT2D eigenvalue weighted by atomic mass is 10.1. The molecule has 5 heteroatoms. The predicted octanol–water partition coefficient (Wildman–Crippen LogP) is 4.05. The summed E-state index contributed by atoms with van der Waals surface area (Å²) in [6.45, 7) is 1.96. The van der Waals surface area contributed by atoms with Gasteiger partial charge in [-0.3, -0.25) is 4.72 Å². The van der Waals surface area contributed by atoms with Crippen LogP contribution in [0, 0.1) is 6.92 Å². The fourth-order valence-corrected chi connectivity index (χ4v) is 4.48. The van der Waals surface area contributed by atoms with Crippen LogP contribution in [0.3, 0.4) is 0 Å². The summed E-state index contributed by atoms with van der Waals surface area (Å²) in [5.74, 6) is 0. The van der Waals surface area contributed by atoms with Crippen molar-refractivity contribution in [1.82, 2.24) is 0 Å². The summed E-state index contributed by atoms with van der Waals surface area (Å²) >= 11 is 3.40. The SMILES string of the molecule is Cc1ccc(NS(=O)(=O)c2ccc3c(c2)CCC3)c(Br)c1. The van der Waals surface area contributed by atoms with Gasteiger partial charge < -0.3 is 0 Å². The second kappa shape index (κ2) is 5.46. The minimum atomic E-state index is -3.55. The van der Waals surface area contributed by atoms with Gasteiger partial charge in [-0.15, -0.1) is 0 Å². The topological polar surface area (TPSA) is 46.2 Å². The van der Waals surface area contributed by atoms with Crippen LogP contribution in [0.2, 0.25) is 0 Å². The van der Waals surface area contributed by atoms with E-state index in [2.05, 4.69) is 20.7 Å². The van der Waals surface area contributed by atoms with E-state index in [4.69, 9.17) is 0 Å². The van der Waals surface area contributed by atoms with Crippen molar-refractivity contribution >= 4 is 31.6 Å². The summed E-state index contributed by atoms with van der Waals surface area (Å²) in [5.41, 5.74) is 4.05. The number of benzene rings is 2. The van der Waals surface area contributed by atoms with Gasteiger partial charge in [0.25, 0.3) is 10.0 Å². The van der Waals surface area contributed by atoms with Gasteiger partial charge in [-0.2, -0.15) is 0 Å². The molecular formula is C16H16BrNO2S. The van der Waals surface area contributed by atoms with Crippen LogP contribution >= 0.6 is 15.9 Å². The minimum absolute atomic E-state index is 0.329. The number of halogens is 1. The molecule has 0 amide bonds. The Labute approximate surface area is 133 Å². The number of hydrogen-bond donors (Lipinski definition) is 1. The average molecular weight is 366 g/mol. The van der Waals surface area contributed by atoms with E-state index in [0.717, 1.165) is 34.9 Å². The van der Waals surface area contributed by atoms with Crippen LogP contribution in [-0.4, -0.2) is 8.42 Å². The molecular weight excluding hydrogens is 350 g/mol. The Hall–Kier alpha value is -1.33. The molecule has 0 heterocycles. The van der Waals surface area contributed by atoms with Gasteiger partial charge in [0.1, 0.15) is 0 Å². The second-order valence-electron chi connectivity index (χ2n) is 5.37. The molecule has 0 saturated heterocycles. The highest BCUT2D eigenvalue weighted by molar-refractivity contribution is 9.10. The van der Waals surface area contributed by atoms with Gasteiger partial charge in [-0.05, 0) is 83.1 Å². The molecule has 0 aromatic heterocycles. The van der Waals surface area contributed by atoms with Gasteiger partial charge in [-0.1, -0.05) is 12.1 Å². The number of nitrogens with one attached hydrogen (secondary N) is 1. The number of hydrogen-bond acceptors (Lipinski definition) is 2. The first kappa shape index (κ1) is 14.6. The van der Waals surface area contributed by atoms with Crippen LogP contribution in [0.15, 0.2) is 45.8 Å². The Kier molecular flexibility index (Phi) is 3.80. The Morgan fingerprint density at radius 1 is 1.05 bits per heavy atom. The number of anilines is 1. The zero-order valence-corrected chi connectivity index (χ0v) is 14.1. The zero-order chi connectivity index (χ0) is 15.0. The molecule has 3 nitrogen and oxygen atoms in total. The van der Waals surface area contributed by atoms with E-state index in [1.54, 1.807) is 18.2 Å². The maximum atomic E-state index is 12.5. The van der Waals surface area contributed by atoms with Crippen molar-refractivity contribution < 1.29 is 8.42 Å². The third-order valence-electron chi connectivity index (χ3n) is 3.75. The van der Waals surface area contributed by atoms with Crippen molar-refractivity contribution in [2.24, 2.45) is 0 Å². The molecule has 0 spiro atoms. The molecule has 0 unspecified atom stereocenters. The molecule has 0 fully saturated rings. The van der Waals surface area contributed by atoms with E-state index in [1.165, 1.54) is 5.56 Å². The Bertz CT molecular complexity index is 800. The van der Waals surface area contributed by atoms with Gasteiger partial charge in [0.05, 0.1) is 10.6 Å². The van der Waals surface area contributed by atoms with Crippen molar-refractivity contribution in [2.45, 2.75) is 31.1 Å². The Morgan fingerprint density at radius 2 is 1.81 bits per heavy atom. The molecule has 0 saturated carbocycles. The first-order valence-corrected chi connectivity index (χ1v) is 9.14. The maximum Gasteiger partial charge on any atom is 0.261 e. The molecule has 0 aliphatic heterocycles. The van der Waals surface area contributed by atoms with Crippen LogP contribution in [0.25, 0.3) is 0 Å². The van der Waals surface area contributed by atoms with Crippen molar-refractivity contribution in [1.29, 1.82) is 0 Å². The number of rotatable bonds is 3. The van der Waals surface area contributed by atoms with Gasteiger partial charge in [-0.25, -0.2) is 8.42 Å². The van der Waals surface area contributed by atoms with E-state index in [0.29, 0.717) is 10.6 Å². The average Bonchev–Trinajstić information content (AvgIpc) is 2.89. The number of sulfonamides is 1. The Balaban J connectivity index is 1.93. The summed E-state index contributed by atoms with van der Waals surface area (Å²) in [6, 6.07) is 11.0. The highest BCUT2D eigenvalue weighted by atomic mass is 79.9. The summed E-state index contributed by atoms with van der Waals surface area (Å²) in [5, 5.41) is 0. The Morgan fingerprint density at radius 3 is 2.57 bits per heavy atom. The van der Waals surface area contributed by atoms with E-state index < -0.39 is 10.0 Å². The van der Waals surface area contributed by atoms with Crippen molar-refractivity contribution in [3.8, 4) is 0 Å². The summed E-state index contributed by atoms with van der Waals surface area (Å²) in [4.78, 5) is 0.329. The van der Waals surface area contributed by atoms with Gasteiger partial charge >= 0.3 is 0 Å². The lowest BCUT2D eigenvalue weighted by molar-refractivity contribution is 0.601. The summed E-state index contributed by atoms with van der Waals surface area (Å²) in [7, 11) is -3.55. The molecule has 2 aromatic carbocycles. The highest BCUT2D eigenvalue weighted by Crippen LogP contribution is 2.28. The van der Waals surface area contributed by atoms with E-state index in [1.807, 2.05) is 25.1 Å². The lowest BCUT2D eigenvalue weighted by Crippen LogP contribution is -2.13. The molecule has 1 aliphatic carbocycles. The lowest BCUT2D eigenvalue weighted by Gasteiger charge is -2.11. The minimum Gasteiger partial charge on any atom is -0.278 e. The quantitative estimate of drug-likeness (QED) is 0.891. The van der Waals surface area contributed by atoms with Crippen LogP contribution in [0.1, 0.15) is 23.1 Å². The first-order chi connectivity index (χ1) is 9.95. The zero-order valence-electron chi connectivity index (χ0n) is 11.7. The van der Waals surface area contributed by atoms with Crippen molar-refractivity contribution in [2.75, 3.05) is 4.72 Å².